The van der Waals surface area contributed by atoms with Gasteiger partial charge in [-0.15, -0.1) is 0 Å². The summed E-state index contributed by atoms with van der Waals surface area (Å²) in [5, 5.41) is 162. The van der Waals surface area contributed by atoms with Gasteiger partial charge in [0.1, 0.15) is 126 Å². The minimum Gasteiger partial charge on any atom is -0.508 e. The Morgan fingerprint density at radius 2 is 1.19 bits per heavy atom. The molecule has 9 heterocycles. The lowest BCUT2D eigenvalue weighted by Crippen LogP contribution is -2.62. The molecule has 4 fully saturated rings. The molecule has 9 aliphatic rings. The van der Waals surface area contributed by atoms with Crippen LogP contribution < -0.4 is 68.0 Å². The number of carbonyl (C=O) groups excluding carboxylic acids is 6. The zero-order valence-electron chi connectivity index (χ0n) is 66.7. The number of aliphatic carboxylic acids is 1. The van der Waals surface area contributed by atoms with Gasteiger partial charge in [-0.3, -0.25) is 28.8 Å². The second-order valence-electron chi connectivity index (χ2n) is 31.2. The Morgan fingerprint density at radius 1 is 0.568 bits per heavy atom. The Bertz CT molecular complexity index is 5100. The summed E-state index contributed by atoms with van der Waals surface area (Å²) in [6.45, 7) is 1.12. The van der Waals surface area contributed by atoms with Crippen molar-refractivity contribution >= 4 is 53.0 Å². The van der Waals surface area contributed by atoms with Crippen molar-refractivity contribution in [1.29, 1.82) is 0 Å². The van der Waals surface area contributed by atoms with E-state index in [0.29, 0.717) is 5.56 Å². The first-order chi connectivity index (χ1) is 59.7. The lowest BCUT2D eigenvalue weighted by atomic mass is 9.89. The Balaban J connectivity index is 1.01. The van der Waals surface area contributed by atoms with E-state index in [1.807, 2.05) is 0 Å². The van der Waals surface area contributed by atoms with E-state index < -0.39 is 293 Å². The van der Waals surface area contributed by atoms with Crippen molar-refractivity contribution in [2.24, 2.45) is 17.2 Å². The molecule has 25 N–H and O–H groups in total. The van der Waals surface area contributed by atoms with Crippen molar-refractivity contribution in [2.75, 3.05) is 20.3 Å². The van der Waals surface area contributed by atoms with Crippen LogP contribution in [0.25, 0.3) is 11.1 Å². The zero-order valence-corrected chi connectivity index (χ0v) is 67.4. The molecular weight excluding hydrogens is 1670 g/mol. The first kappa shape index (κ1) is 90.2. The zero-order chi connectivity index (χ0) is 89.4. The van der Waals surface area contributed by atoms with Gasteiger partial charge in [0.05, 0.1) is 42.7 Å². The molecule has 7 aromatic rings. The van der Waals surface area contributed by atoms with Crippen molar-refractivity contribution in [3.05, 3.63) is 183 Å². The number of carbonyl (C=O) groups is 7. The Hall–Kier alpha value is -11.0. The predicted octanol–water partition coefficient (Wildman–Crippen LogP) is -0.824. The number of methoxy groups -OCH3 is 1. The van der Waals surface area contributed by atoms with Gasteiger partial charge in [-0.2, -0.15) is 0 Å². The standard InChI is InChI=1S/C84H94ClN9O31/c1-32-65(100)46(86)28-56(116-32)124-75-70(105)68(103)55(31-96)122-84(75)125-74-52-24-39-25-53(74)119-50-20-14-38(23-45(50)85)73(123-57-29-47(87)72(115-3)33(2)117-57)64-81(112)92-62(82(113)114)44-26-41(98)27-51(120-83-71(106)69(104)67(102)54(30-95)121-83)58(44)43-22-37(13-19-49(43)99)60(78(109)94-64)91-79(110)61(39)90-76(107)48(21-34-7-5-4-6-8-34)89-80(111)63(66(101)36-11-17-42(118-52)18-12-36)93-77(108)59(88)35-9-15-40(97)16-10-35/h4-20,22-27,32-33,46-48,54-57,59-73,75,83-84,95-106H,21,28-31,86-88H2,1-3H3,(H,89,111)(H,90,107)(H,91,110)(H,92,112)(H,93,108)(H,94,109)(H,113,114). The molecule has 40 nitrogen and oxygen atoms in total. The van der Waals surface area contributed by atoms with Crippen molar-refractivity contribution in [2.45, 2.75) is 198 Å². The predicted molar refractivity (Wildman–Crippen MR) is 428 cm³/mol. The highest BCUT2D eigenvalue weighted by Crippen LogP contribution is 2.50. The maximum atomic E-state index is 16.8. The molecule has 4 saturated heterocycles. The minimum atomic E-state index is -2.43. The lowest BCUT2D eigenvalue weighted by Gasteiger charge is -2.44. The van der Waals surface area contributed by atoms with Crippen LogP contribution in [0.4, 0.5) is 0 Å². The average Bonchev–Trinajstić information content (AvgIpc) is 0.756. The van der Waals surface area contributed by atoms with Gasteiger partial charge < -0.3 is 168 Å². The van der Waals surface area contributed by atoms with Crippen molar-refractivity contribution < 1.29 is 152 Å². The topological polar surface area (TPSA) is 634 Å². The van der Waals surface area contributed by atoms with Gasteiger partial charge in [0.25, 0.3) is 0 Å². The second kappa shape index (κ2) is 38.0. The highest BCUT2D eigenvalue weighted by molar-refractivity contribution is 6.32. The Morgan fingerprint density at radius 3 is 1.86 bits per heavy atom. The highest BCUT2D eigenvalue weighted by atomic mass is 35.5. The number of nitrogens with one attached hydrogen (secondary N) is 6. The minimum absolute atomic E-state index is 0.0795. The third-order valence-corrected chi connectivity index (χ3v) is 23.0. The molecule has 0 saturated carbocycles. The third-order valence-electron chi connectivity index (χ3n) is 22.7. The summed E-state index contributed by atoms with van der Waals surface area (Å²) >= 11 is 7.46. The molecule has 41 heteroatoms. The molecule has 0 aliphatic carbocycles. The van der Waals surface area contributed by atoms with Crippen LogP contribution in [-0.2, 0) is 73.1 Å². The van der Waals surface area contributed by atoms with E-state index >= 15 is 24.0 Å². The highest BCUT2D eigenvalue weighted by Gasteiger charge is 2.52. The van der Waals surface area contributed by atoms with Crippen LogP contribution in [0.3, 0.4) is 0 Å². The van der Waals surface area contributed by atoms with E-state index in [0.717, 1.165) is 42.5 Å². The lowest BCUT2D eigenvalue weighted by molar-refractivity contribution is -0.330. The quantitative estimate of drug-likeness (QED) is 0.0529. The van der Waals surface area contributed by atoms with Crippen LogP contribution in [0.1, 0.15) is 102 Å². The summed E-state index contributed by atoms with van der Waals surface area (Å²) in [4.78, 5) is 110. The van der Waals surface area contributed by atoms with E-state index in [9.17, 15) is 76.0 Å². The smallest absolute Gasteiger partial charge is 0.330 e. The van der Waals surface area contributed by atoms with Crippen LogP contribution >= 0.6 is 11.6 Å². The summed E-state index contributed by atoms with van der Waals surface area (Å²) in [5.41, 5.74) is 17.2. The number of amides is 6. The van der Waals surface area contributed by atoms with Gasteiger partial charge in [-0.25, -0.2) is 4.79 Å². The van der Waals surface area contributed by atoms with Gasteiger partial charge in [0, 0.05) is 61.2 Å². The molecule has 27 unspecified atom stereocenters. The molecule has 0 radical (unpaired) electrons. The molecule has 0 spiro atoms. The number of rotatable bonds is 17. The first-order valence-corrected chi connectivity index (χ1v) is 40.1. The molecule has 125 heavy (non-hydrogen) atoms. The second-order valence-corrected chi connectivity index (χ2v) is 31.6. The molecule has 0 aromatic heterocycles. The maximum Gasteiger partial charge on any atom is 0.330 e. The summed E-state index contributed by atoms with van der Waals surface area (Å²) in [6, 6.07) is 12.2. The number of phenols is 3. The van der Waals surface area contributed by atoms with Gasteiger partial charge in [0.15, 0.2) is 36.2 Å². The number of phenolic OH excluding ortho intramolecular Hbond substituents is 3. The number of aliphatic hydroxyl groups is 9. The van der Waals surface area contributed by atoms with E-state index in [1.165, 1.54) is 80.8 Å². The number of carboxylic acids is 1. The number of aliphatic hydroxyl groups excluding tert-OH is 9. The van der Waals surface area contributed by atoms with Crippen LogP contribution in [0.5, 0.6) is 51.7 Å². The van der Waals surface area contributed by atoms with Crippen LogP contribution in [0.2, 0.25) is 5.02 Å². The van der Waals surface area contributed by atoms with Gasteiger partial charge in [-0.05, 0) is 114 Å². The monoisotopic (exact) mass is 1760 g/mol. The van der Waals surface area contributed by atoms with E-state index in [2.05, 4.69) is 31.9 Å². The number of hydrogen-bond donors (Lipinski definition) is 22. The van der Waals surface area contributed by atoms with Gasteiger partial charge in [-0.1, -0.05) is 78.3 Å². The summed E-state index contributed by atoms with van der Waals surface area (Å²) in [7, 11) is 1.38. The van der Waals surface area contributed by atoms with E-state index in [1.54, 1.807) is 37.3 Å². The SMILES string of the molecule is COC1C(N)CC(OC2c3ccc(c(Cl)c3)Oc3cc4cc(c3OC3OC(CO)C(O)C(O)C3OC3CC(N)C(O)C(C)O3)Oc3ccc(cc3)C(O)C(NC(=O)C(N)c3ccc(O)cc3)C(=O)NC(Cc3ccccc3)C(=O)NC4C(=O)NC3C(=O)NC2C(=O)NC(C(=O)O)c2cc(O)cc(OC4OC(CO)C(O)C(O)C4O)c2-c2cc3ccc2O)OC1C. The number of hydrogen-bond acceptors (Lipinski definition) is 33. The number of fused-ring (bicyclic) bond motifs is 15. The fourth-order valence-corrected chi connectivity index (χ4v) is 16.2. The molecule has 668 valence electrons. The van der Waals surface area contributed by atoms with Gasteiger partial charge in [0.2, 0.25) is 53.8 Å². The van der Waals surface area contributed by atoms with Gasteiger partial charge >= 0.3 is 5.97 Å². The number of carboxylic acid groups (broad SMARTS) is 1. The van der Waals surface area contributed by atoms with Crippen LogP contribution in [-0.4, -0.2) is 257 Å². The molecule has 7 aromatic carbocycles. The fraction of sp³-hybridized carbons (Fsp3) is 0.417. The van der Waals surface area contributed by atoms with E-state index in [-0.39, 0.29) is 46.8 Å². The largest absolute Gasteiger partial charge is 0.508 e. The molecule has 6 amide bonds. The average molecular weight is 1760 g/mol. The fourth-order valence-electron chi connectivity index (χ4n) is 16.0. The summed E-state index contributed by atoms with van der Waals surface area (Å²) in [5.74, 6) is -14.6. The van der Waals surface area contributed by atoms with Crippen molar-refractivity contribution in [3.8, 4) is 62.9 Å². The Kier molecular flexibility index (Phi) is 27.4. The van der Waals surface area contributed by atoms with Crippen LogP contribution in [0, 0.1) is 0 Å². The maximum absolute atomic E-state index is 16.8. The van der Waals surface area contributed by atoms with Crippen molar-refractivity contribution in [1.82, 2.24) is 31.9 Å². The third kappa shape index (κ3) is 19.2. The number of ether oxygens (including phenoxy) is 11. The summed E-state index contributed by atoms with van der Waals surface area (Å²) < 4.78 is 69.9. The number of aromatic hydroxyl groups is 3. The molecule has 9 aliphatic heterocycles. The molecule has 11 bridgehead atoms. The number of benzene rings is 7. The molecule has 16 rings (SSSR count). The molecule has 27 atom stereocenters. The normalized spacial score (nSPS) is 32.2. The molecular formula is C84H94ClN9O31. The van der Waals surface area contributed by atoms with Crippen molar-refractivity contribution in [3.63, 3.8) is 0 Å². The Labute approximate surface area is 715 Å². The number of halogens is 1. The first-order valence-electron chi connectivity index (χ1n) is 39.7. The van der Waals surface area contributed by atoms with Crippen LogP contribution in [0.15, 0.2) is 140 Å². The number of nitrogens with two attached hydrogens (primary N) is 3. The van der Waals surface area contributed by atoms with E-state index in [4.69, 9.17) is 80.9 Å². The summed E-state index contributed by atoms with van der Waals surface area (Å²) in [6.07, 6.45) is -31.2.